The van der Waals surface area contributed by atoms with E-state index in [-0.39, 0.29) is 18.4 Å². The number of rotatable bonds is 9. The molecule has 1 spiro atoms. The van der Waals surface area contributed by atoms with Crippen LogP contribution in [0.25, 0.3) is 0 Å². The second-order valence-electron chi connectivity index (χ2n) is 12.6. The standard InChI is InChI=1S/C34H45N7O6/c1-3-18-40-24-41(27-12-8-5-9-13-27)34(30(40)45)16-21-38(22-17-34)31(46)35-23-28(29(43)44)36-32(47)39-19-14-33(15-20-39,37-25(2)42)26-10-6-4-7-11-26/h4-13,28H,3,14-24H2,1-2H3,(H,35,46)(H,36,47)(H,37,42)(H,43,44). The van der Waals surface area contributed by atoms with E-state index in [1.165, 1.54) is 11.8 Å². The Morgan fingerprint density at radius 1 is 0.851 bits per heavy atom. The Labute approximate surface area is 275 Å². The molecule has 2 aromatic carbocycles. The highest BCUT2D eigenvalue weighted by atomic mass is 16.4. The van der Waals surface area contributed by atoms with Crippen LogP contribution in [0.1, 0.15) is 51.5 Å². The fraction of sp³-hybridized carbons (Fsp3) is 0.500. The molecule has 0 aromatic heterocycles. The number of benzene rings is 2. The minimum absolute atomic E-state index is 0.0766. The van der Waals surface area contributed by atoms with Crippen LogP contribution in [-0.2, 0) is 19.9 Å². The van der Waals surface area contributed by atoms with E-state index in [4.69, 9.17) is 0 Å². The van der Waals surface area contributed by atoms with Crippen LogP contribution in [0.15, 0.2) is 60.7 Å². The Hall–Kier alpha value is -4.81. The number of carbonyl (C=O) groups is 5. The average molecular weight is 648 g/mol. The van der Waals surface area contributed by atoms with Gasteiger partial charge in [-0.3, -0.25) is 9.59 Å². The van der Waals surface area contributed by atoms with E-state index in [0.717, 1.165) is 17.7 Å². The van der Waals surface area contributed by atoms with Crippen LogP contribution >= 0.6 is 0 Å². The molecule has 0 aliphatic carbocycles. The summed E-state index contributed by atoms with van der Waals surface area (Å²) in [5.74, 6) is -1.36. The minimum Gasteiger partial charge on any atom is -0.480 e. The van der Waals surface area contributed by atoms with Crippen LogP contribution in [0.3, 0.4) is 0 Å². The second-order valence-corrected chi connectivity index (χ2v) is 12.6. The van der Waals surface area contributed by atoms with Crippen LogP contribution in [0.4, 0.5) is 15.3 Å². The summed E-state index contributed by atoms with van der Waals surface area (Å²) < 4.78 is 0. The number of carbonyl (C=O) groups excluding carboxylic acids is 4. The lowest BCUT2D eigenvalue weighted by molar-refractivity contribution is -0.139. The molecule has 3 saturated heterocycles. The maximum absolute atomic E-state index is 13.6. The zero-order chi connectivity index (χ0) is 33.6. The number of carboxylic acids is 1. The quantitative estimate of drug-likeness (QED) is 0.326. The van der Waals surface area contributed by atoms with E-state index in [0.29, 0.717) is 65.1 Å². The summed E-state index contributed by atoms with van der Waals surface area (Å²) in [5.41, 5.74) is 0.560. The SMILES string of the molecule is CCCN1CN(c2ccccc2)C2(CCN(C(=O)NCC(NC(=O)N3CCC(NC(C)=O)(c4ccccc4)CC3)C(=O)O)CC2)C1=O. The third-order valence-electron chi connectivity index (χ3n) is 9.65. The summed E-state index contributed by atoms with van der Waals surface area (Å²) in [6, 6.07) is 17.1. The normalized spacial score (nSPS) is 19.3. The van der Waals surface area contributed by atoms with Crippen molar-refractivity contribution in [2.24, 2.45) is 0 Å². The molecule has 47 heavy (non-hydrogen) atoms. The van der Waals surface area contributed by atoms with Crippen LogP contribution in [0.2, 0.25) is 0 Å². The number of aliphatic carboxylic acids is 1. The Morgan fingerprint density at radius 3 is 2.00 bits per heavy atom. The monoisotopic (exact) mass is 647 g/mol. The van der Waals surface area contributed by atoms with Crippen molar-refractivity contribution in [3.63, 3.8) is 0 Å². The van der Waals surface area contributed by atoms with E-state index < -0.39 is 35.2 Å². The number of urea groups is 2. The summed E-state index contributed by atoms with van der Waals surface area (Å²) in [7, 11) is 0. The first-order chi connectivity index (χ1) is 22.6. The third-order valence-corrected chi connectivity index (χ3v) is 9.65. The minimum atomic E-state index is -1.34. The lowest BCUT2D eigenvalue weighted by Gasteiger charge is -2.43. The van der Waals surface area contributed by atoms with Gasteiger partial charge in [0.1, 0.15) is 11.6 Å². The van der Waals surface area contributed by atoms with E-state index in [1.54, 1.807) is 4.90 Å². The fourth-order valence-corrected chi connectivity index (χ4v) is 7.14. The van der Waals surface area contributed by atoms with Gasteiger partial charge in [-0.1, -0.05) is 55.5 Å². The molecule has 3 heterocycles. The van der Waals surface area contributed by atoms with Crippen LogP contribution in [-0.4, -0.2) is 107 Å². The van der Waals surface area contributed by atoms with Gasteiger partial charge >= 0.3 is 18.0 Å². The molecular weight excluding hydrogens is 602 g/mol. The molecule has 3 fully saturated rings. The maximum Gasteiger partial charge on any atom is 0.328 e. The molecule has 4 N–H and O–H groups in total. The first-order valence-electron chi connectivity index (χ1n) is 16.4. The van der Waals surface area contributed by atoms with E-state index >= 15 is 0 Å². The average Bonchev–Trinajstić information content (AvgIpc) is 3.33. The largest absolute Gasteiger partial charge is 0.480 e. The number of nitrogens with one attached hydrogen (secondary N) is 3. The van der Waals surface area contributed by atoms with Gasteiger partial charge in [-0.05, 0) is 49.8 Å². The van der Waals surface area contributed by atoms with Crippen molar-refractivity contribution in [3.05, 3.63) is 66.2 Å². The number of anilines is 1. The van der Waals surface area contributed by atoms with Crippen molar-refractivity contribution in [3.8, 4) is 0 Å². The van der Waals surface area contributed by atoms with Gasteiger partial charge in [0, 0.05) is 45.3 Å². The summed E-state index contributed by atoms with van der Waals surface area (Å²) in [6.07, 6.45) is 2.69. The Balaban J connectivity index is 1.15. The summed E-state index contributed by atoms with van der Waals surface area (Å²) >= 11 is 0. The van der Waals surface area contributed by atoms with E-state index in [2.05, 4.69) is 20.9 Å². The van der Waals surface area contributed by atoms with E-state index in [1.807, 2.05) is 72.5 Å². The predicted octanol–water partition coefficient (Wildman–Crippen LogP) is 2.54. The number of nitrogens with zero attached hydrogens (tertiary/aromatic N) is 4. The molecule has 2 aromatic rings. The highest BCUT2D eigenvalue weighted by Gasteiger charge is 2.54. The smallest absolute Gasteiger partial charge is 0.328 e. The number of amides is 6. The van der Waals surface area contributed by atoms with Crippen molar-refractivity contribution in [1.82, 2.24) is 30.7 Å². The molecule has 1 atom stereocenters. The van der Waals surface area contributed by atoms with Crippen molar-refractivity contribution in [2.45, 2.75) is 63.1 Å². The fourth-order valence-electron chi connectivity index (χ4n) is 7.14. The van der Waals surface area contributed by atoms with Gasteiger partial charge in [0.05, 0.1) is 18.8 Å². The Bertz CT molecular complexity index is 1440. The van der Waals surface area contributed by atoms with Gasteiger partial charge in [-0.25, -0.2) is 14.4 Å². The summed E-state index contributed by atoms with van der Waals surface area (Å²) in [6.45, 7) is 5.65. The zero-order valence-corrected chi connectivity index (χ0v) is 27.1. The highest BCUT2D eigenvalue weighted by molar-refractivity contribution is 5.94. The number of para-hydroxylation sites is 1. The van der Waals surface area contributed by atoms with Crippen molar-refractivity contribution in [1.29, 1.82) is 0 Å². The maximum atomic E-state index is 13.6. The number of hydrogen-bond acceptors (Lipinski definition) is 6. The lowest BCUT2D eigenvalue weighted by Crippen LogP contribution is -2.60. The molecule has 0 bridgehead atoms. The number of piperidine rings is 2. The molecular formula is C34H45N7O6. The van der Waals surface area contributed by atoms with Crippen molar-refractivity contribution in [2.75, 3.05) is 50.8 Å². The van der Waals surface area contributed by atoms with Gasteiger partial charge in [-0.15, -0.1) is 0 Å². The molecule has 252 valence electrons. The molecule has 0 saturated carbocycles. The third kappa shape index (κ3) is 7.13. The molecule has 1 unspecified atom stereocenters. The molecule has 13 heteroatoms. The molecule has 6 amide bonds. The molecule has 3 aliphatic heterocycles. The molecule has 0 radical (unpaired) electrons. The second kappa shape index (κ2) is 14.3. The molecule has 3 aliphatic rings. The summed E-state index contributed by atoms with van der Waals surface area (Å²) in [4.78, 5) is 71.2. The van der Waals surface area contributed by atoms with Crippen molar-refractivity contribution < 1.29 is 29.1 Å². The Kier molecular flexibility index (Phi) is 10.2. The van der Waals surface area contributed by atoms with Crippen molar-refractivity contribution >= 4 is 35.5 Å². The molecule has 5 rings (SSSR count). The van der Waals surface area contributed by atoms with Gasteiger partial charge in [0.15, 0.2) is 0 Å². The first-order valence-corrected chi connectivity index (χ1v) is 16.4. The zero-order valence-electron chi connectivity index (χ0n) is 27.1. The van der Waals surface area contributed by atoms with E-state index in [9.17, 15) is 29.1 Å². The lowest BCUT2D eigenvalue weighted by atomic mass is 9.81. The summed E-state index contributed by atoms with van der Waals surface area (Å²) in [5, 5.41) is 18.1. The molecule has 13 nitrogen and oxygen atoms in total. The topological polar surface area (TPSA) is 155 Å². The highest BCUT2D eigenvalue weighted by Crippen LogP contribution is 2.39. The number of hydrogen-bond donors (Lipinski definition) is 4. The van der Waals surface area contributed by atoms with Gasteiger partial charge in [0.2, 0.25) is 11.8 Å². The van der Waals surface area contributed by atoms with Crippen LogP contribution < -0.4 is 20.9 Å². The number of likely N-dealkylation sites (tertiary alicyclic amines) is 2. The van der Waals surface area contributed by atoms with Gasteiger partial charge < -0.3 is 40.7 Å². The number of carboxylic acid groups (broad SMARTS) is 1. The van der Waals surface area contributed by atoms with Gasteiger partial charge in [0.25, 0.3) is 0 Å². The predicted molar refractivity (Wildman–Crippen MR) is 175 cm³/mol. The van der Waals surface area contributed by atoms with Crippen LogP contribution in [0.5, 0.6) is 0 Å². The Morgan fingerprint density at radius 2 is 1.43 bits per heavy atom. The van der Waals surface area contributed by atoms with Gasteiger partial charge in [-0.2, -0.15) is 0 Å². The van der Waals surface area contributed by atoms with Crippen LogP contribution in [0, 0.1) is 0 Å². The first kappa shape index (κ1) is 33.6.